The van der Waals surface area contributed by atoms with Crippen molar-refractivity contribution in [3.8, 4) is 22.6 Å². The van der Waals surface area contributed by atoms with Crippen LogP contribution in [0.2, 0.25) is 0 Å². The Kier molecular flexibility index (Phi) is 21.0. The summed E-state index contributed by atoms with van der Waals surface area (Å²) < 4.78 is 28.9. The van der Waals surface area contributed by atoms with Crippen molar-refractivity contribution in [3.63, 3.8) is 0 Å². The van der Waals surface area contributed by atoms with Crippen molar-refractivity contribution < 1.29 is 33.0 Å². The van der Waals surface area contributed by atoms with Crippen LogP contribution in [0.15, 0.2) is 77.6 Å². The fraction of sp³-hybridized carbons (Fsp3) is 0.532. The van der Waals surface area contributed by atoms with E-state index in [1.165, 1.54) is 50.5 Å². The van der Waals surface area contributed by atoms with Gasteiger partial charge in [-0.1, -0.05) is 83.9 Å². The lowest BCUT2D eigenvalue weighted by Crippen LogP contribution is -2.10. The van der Waals surface area contributed by atoms with Gasteiger partial charge in [-0.3, -0.25) is 0 Å². The fourth-order valence-corrected chi connectivity index (χ4v) is 6.44. The molecule has 2 aromatic carbocycles. The molecule has 296 valence electrons. The number of rotatable bonds is 29. The zero-order chi connectivity index (χ0) is 39.0. The molecule has 1 heterocycles. The van der Waals surface area contributed by atoms with E-state index in [-0.39, 0.29) is 11.9 Å². The van der Waals surface area contributed by atoms with Gasteiger partial charge in [-0.15, -0.1) is 0 Å². The number of carbonyl (C=O) groups is 2. The average molecular weight is 743 g/mol. The van der Waals surface area contributed by atoms with Gasteiger partial charge in [0.15, 0.2) is 0 Å². The molecule has 0 saturated heterocycles. The molecule has 0 spiro atoms. The summed E-state index contributed by atoms with van der Waals surface area (Å²) in [6.07, 6.45) is 21.6. The van der Waals surface area contributed by atoms with E-state index in [2.05, 4.69) is 57.3 Å². The van der Waals surface area contributed by atoms with Crippen LogP contribution in [-0.4, -0.2) is 38.4 Å². The second-order valence-corrected chi connectivity index (χ2v) is 14.6. The minimum absolute atomic E-state index is 0.294. The summed E-state index contributed by atoms with van der Waals surface area (Å²) >= 11 is 0. The van der Waals surface area contributed by atoms with E-state index in [1.807, 2.05) is 12.3 Å². The van der Waals surface area contributed by atoms with Crippen LogP contribution >= 0.6 is 0 Å². The maximum Gasteiger partial charge on any atom is 0.333 e. The van der Waals surface area contributed by atoms with E-state index >= 15 is 0 Å². The third kappa shape index (κ3) is 16.8. The smallest absolute Gasteiger partial charge is 0.333 e. The molecular formula is C47H66O7. The second-order valence-electron chi connectivity index (χ2n) is 14.6. The molecule has 7 nitrogen and oxygen atoms in total. The summed E-state index contributed by atoms with van der Waals surface area (Å²) in [6.45, 7) is 17.0. The summed E-state index contributed by atoms with van der Waals surface area (Å²) in [5.74, 6) is 1.01. The van der Waals surface area contributed by atoms with Gasteiger partial charge in [-0.2, -0.15) is 0 Å². The molecule has 0 saturated carbocycles. The molecule has 3 aromatic rings. The first-order valence-electron chi connectivity index (χ1n) is 20.4. The van der Waals surface area contributed by atoms with E-state index in [4.69, 9.17) is 23.4 Å². The van der Waals surface area contributed by atoms with E-state index < -0.39 is 0 Å². The maximum atomic E-state index is 12.1. The Morgan fingerprint density at radius 2 is 1.19 bits per heavy atom. The SMILES string of the molecule is C=C(C)C(=O)OCCCc1cc(-c2ccc(OCCCCCCCCCC)cc2C)cc(CCCOC(=O)C(=C)C)c1OCCCCCCc1ccoc1. The Labute approximate surface area is 325 Å². The lowest BCUT2D eigenvalue weighted by Gasteiger charge is -2.20. The van der Waals surface area contributed by atoms with Gasteiger partial charge in [-0.05, 0) is 136 Å². The molecule has 3 rings (SSSR count). The Bertz CT molecular complexity index is 1510. The largest absolute Gasteiger partial charge is 0.494 e. The number of esters is 2. The molecule has 1 aromatic heterocycles. The number of ether oxygens (including phenoxy) is 4. The summed E-state index contributed by atoms with van der Waals surface area (Å²) in [5, 5.41) is 0. The monoisotopic (exact) mass is 742 g/mol. The van der Waals surface area contributed by atoms with Gasteiger partial charge in [0.1, 0.15) is 11.5 Å². The van der Waals surface area contributed by atoms with Crippen LogP contribution in [0, 0.1) is 6.92 Å². The highest BCUT2D eigenvalue weighted by molar-refractivity contribution is 5.87. The summed E-state index contributed by atoms with van der Waals surface area (Å²) in [7, 11) is 0. The van der Waals surface area contributed by atoms with Gasteiger partial charge in [0.2, 0.25) is 0 Å². The zero-order valence-corrected chi connectivity index (χ0v) is 33.7. The number of carbonyl (C=O) groups excluding carboxylic acids is 2. The standard InChI is InChI=1S/C47H66O7/c1-7-8-9-10-11-12-14-17-27-51-43-24-25-44(38(6)32-43)42-33-40(22-19-29-53-46(48)36(2)3)45(41(34-42)23-20-30-54-47(49)37(4)5)52-28-18-15-13-16-21-39-26-31-50-35-39/h24-26,31-35H,2,4,7-23,27-30H2,1,3,5-6H3. The quantitative estimate of drug-likeness (QED) is 0.0398. The molecule has 0 fully saturated rings. The minimum atomic E-state index is -0.377. The number of unbranched alkanes of at least 4 members (excludes halogenated alkanes) is 10. The minimum Gasteiger partial charge on any atom is -0.494 e. The number of furan rings is 1. The van der Waals surface area contributed by atoms with Crippen molar-refractivity contribution >= 4 is 11.9 Å². The Morgan fingerprint density at radius 3 is 1.72 bits per heavy atom. The number of aryl methyl sites for hydroxylation is 4. The molecule has 0 unspecified atom stereocenters. The normalized spacial score (nSPS) is 11.0. The third-order valence-electron chi connectivity index (χ3n) is 9.55. The Morgan fingerprint density at radius 1 is 0.630 bits per heavy atom. The van der Waals surface area contributed by atoms with Crippen molar-refractivity contribution in [1.82, 2.24) is 0 Å². The number of benzene rings is 2. The van der Waals surface area contributed by atoms with Gasteiger partial charge < -0.3 is 23.4 Å². The lowest BCUT2D eigenvalue weighted by atomic mass is 9.92. The molecule has 0 bridgehead atoms. The molecular weight excluding hydrogens is 677 g/mol. The maximum absolute atomic E-state index is 12.1. The highest BCUT2D eigenvalue weighted by atomic mass is 16.5. The first-order chi connectivity index (χ1) is 26.2. The van der Waals surface area contributed by atoms with Crippen LogP contribution in [0.3, 0.4) is 0 Å². The molecule has 54 heavy (non-hydrogen) atoms. The molecule has 0 aliphatic carbocycles. The highest BCUT2D eigenvalue weighted by Gasteiger charge is 2.16. The predicted molar refractivity (Wildman–Crippen MR) is 219 cm³/mol. The fourth-order valence-electron chi connectivity index (χ4n) is 6.44. The van der Waals surface area contributed by atoms with E-state index in [0.717, 1.165) is 84.4 Å². The van der Waals surface area contributed by atoms with E-state index in [0.29, 0.717) is 56.7 Å². The number of hydrogen-bond acceptors (Lipinski definition) is 7. The van der Waals surface area contributed by atoms with Gasteiger partial charge in [0, 0.05) is 11.1 Å². The van der Waals surface area contributed by atoms with E-state index in [9.17, 15) is 9.59 Å². The van der Waals surface area contributed by atoms with Gasteiger partial charge in [0.05, 0.1) is 39.0 Å². The van der Waals surface area contributed by atoms with Crippen LogP contribution in [-0.2, 0) is 38.3 Å². The topological polar surface area (TPSA) is 84.2 Å². The Balaban J connectivity index is 1.75. The van der Waals surface area contributed by atoms with Gasteiger partial charge >= 0.3 is 11.9 Å². The van der Waals surface area contributed by atoms with Crippen LogP contribution in [0.1, 0.15) is 133 Å². The van der Waals surface area contributed by atoms with Crippen LogP contribution in [0.5, 0.6) is 11.5 Å². The predicted octanol–water partition coefficient (Wildman–Crippen LogP) is 12.1. The molecule has 0 aliphatic rings. The first kappa shape index (κ1) is 44.1. The number of hydrogen-bond donors (Lipinski definition) is 0. The molecule has 0 atom stereocenters. The summed E-state index contributed by atoms with van der Waals surface area (Å²) in [5.41, 5.74) is 7.52. The molecule has 0 amide bonds. The van der Waals surface area contributed by atoms with Crippen molar-refractivity contribution in [1.29, 1.82) is 0 Å². The highest BCUT2D eigenvalue weighted by Crippen LogP contribution is 2.36. The summed E-state index contributed by atoms with van der Waals surface area (Å²) in [6, 6.07) is 12.8. The second kappa shape index (κ2) is 25.7. The molecule has 0 aliphatic heterocycles. The van der Waals surface area contributed by atoms with E-state index in [1.54, 1.807) is 20.1 Å². The Hall–Kier alpha value is -4.26. The average Bonchev–Trinajstić information content (AvgIpc) is 3.68. The van der Waals surface area contributed by atoms with Gasteiger partial charge in [-0.25, -0.2) is 9.59 Å². The van der Waals surface area contributed by atoms with Crippen molar-refractivity contribution in [2.45, 2.75) is 137 Å². The summed E-state index contributed by atoms with van der Waals surface area (Å²) in [4.78, 5) is 24.2. The third-order valence-corrected chi connectivity index (χ3v) is 9.55. The van der Waals surface area contributed by atoms with Crippen molar-refractivity contribution in [2.24, 2.45) is 0 Å². The zero-order valence-electron chi connectivity index (χ0n) is 33.7. The lowest BCUT2D eigenvalue weighted by molar-refractivity contribution is -0.139. The van der Waals surface area contributed by atoms with Crippen molar-refractivity contribution in [3.05, 3.63) is 95.5 Å². The van der Waals surface area contributed by atoms with Crippen molar-refractivity contribution in [2.75, 3.05) is 26.4 Å². The van der Waals surface area contributed by atoms with Crippen LogP contribution < -0.4 is 9.47 Å². The molecule has 0 N–H and O–H groups in total. The van der Waals surface area contributed by atoms with Gasteiger partial charge in [0.25, 0.3) is 0 Å². The van der Waals surface area contributed by atoms with Crippen LogP contribution in [0.25, 0.3) is 11.1 Å². The van der Waals surface area contributed by atoms with Crippen LogP contribution in [0.4, 0.5) is 0 Å². The molecule has 7 heteroatoms. The first-order valence-corrected chi connectivity index (χ1v) is 20.4. The molecule has 0 radical (unpaired) electrons.